The van der Waals surface area contributed by atoms with Gasteiger partial charge in [-0.1, -0.05) is 11.6 Å². The van der Waals surface area contributed by atoms with Crippen LogP contribution in [0, 0.1) is 0 Å². The number of nitrogens with zero attached hydrogens (tertiary/aromatic N) is 1. The van der Waals surface area contributed by atoms with Crippen LogP contribution in [0.15, 0.2) is 68.3 Å². The lowest BCUT2D eigenvalue weighted by atomic mass is 10.1. The second-order valence-corrected chi connectivity index (χ2v) is 10.1. The molecule has 3 aromatic heterocycles. The standard InChI is InChI=1S/C20H15ClN4O5S2/c1-22-11-2-4-13-16(8-11)30-10-14(19(13)26)15-5-3-12(9-23-15)24-20(27)25-32(28,29)18-7-6-17(21)31-18/h2-10,22H,1H3,(H2,24,25,27). The first-order valence-electron chi connectivity index (χ1n) is 9.06. The summed E-state index contributed by atoms with van der Waals surface area (Å²) in [4.78, 5) is 29.1. The number of halogens is 1. The highest BCUT2D eigenvalue weighted by Crippen LogP contribution is 2.25. The predicted octanol–water partition coefficient (Wildman–Crippen LogP) is 4.12. The summed E-state index contributed by atoms with van der Waals surface area (Å²) in [5.74, 6) is 0. The molecule has 32 heavy (non-hydrogen) atoms. The smallest absolute Gasteiger partial charge is 0.333 e. The molecule has 0 aliphatic heterocycles. The highest BCUT2D eigenvalue weighted by molar-refractivity contribution is 7.92. The summed E-state index contributed by atoms with van der Waals surface area (Å²) < 4.78 is 32.0. The van der Waals surface area contributed by atoms with Gasteiger partial charge in [0.2, 0.25) is 5.43 Å². The minimum Gasteiger partial charge on any atom is -0.463 e. The third-order valence-electron chi connectivity index (χ3n) is 4.40. The van der Waals surface area contributed by atoms with Gasteiger partial charge in [-0.3, -0.25) is 9.78 Å². The molecule has 164 valence electrons. The van der Waals surface area contributed by atoms with E-state index in [9.17, 15) is 18.0 Å². The maximum Gasteiger partial charge on any atom is 0.333 e. The van der Waals surface area contributed by atoms with Gasteiger partial charge < -0.3 is 15.1 Å². The molecular weight excluding hydrogens is 476 g/mol. The number of anilines is 2. The summed E-state index contributed by atoms with van der Waals surface area (Å²) in [6.45, 7) is 0. The zero-order valence-corrected chi connectivity index (χ0v) is 18.8. The molecular formula is C20H15ClN4O5S2. The predicted molar refractivity (Wildman–Crippen MR) is 124 cm³/mol. The molecule has 3 N–H and O–H groups in total. The zero-order chi connectivity index (χ0) is 22.9. The van der Waals surface area contributed by atoms with Crippen LogP contribution in [0.3, 0.4) is 0 Å². The van der Waals surface area contributed by atoms with Crippen LogP contribution < -0.4 is 20.8 Å². The van der Waals surface area contributed by atoms with Crippen LogP contribution in [0.1, 0.15) is 0 Å². The SMILES string of the molecule is CNc1ccc2c(=O)c(-c3ccc(NC(=O)NS(=O)(=O)c4ccc(Cl)s4)cn3)coc2c1. The number of amides is 2. The lowest BCUT2D eigenvalue weighted by molar-refractivity contribution is 0.256. The fourth-order valence-corrected chi connectivity index (χ4v) is 5.25. The topological polar surface area (TPSA) is 130 Å². The number of fused-ring (bicyclic) bond motifs is 1. The first kappa shape index (κ1) is 21.8. The monoisotopic (exact) mass is 490 g/mol. The van der Waals surface area contributed by atoms with Gasteiger partial charge in [0.1, 0.15) is 16.1 Å². The van der Waals surface area contributed by atoms with Crippen molar-refractivity contribution in [1.29, 1.82) is 0 Å². The Bertz CT molecular complexity index is 1480. The van der Waals surface area contributed by atoms with Crippen molar-refractivity contribution in [3.8, 4) is 11.3 Å². The highest BCUT2D eigenvalue weighted by atomic mass is 35.5. The molecule has 0 bridgehead atoms. The van der Waals surface area contributed by atoms with Crippen molar-refractivity contribution in [2.45, 2.75) is 4.21 Å². The van der Waals surface area contributed by atoms with E-state index in [1.165, 1.54) is 36.7 Å². The number of thiophene rings is 1. The van der Waals surface area contributed by atoms with Crippen LogP contribution in [-0.2, 0) is 10.0 Å². The molecule has 0 aliphatic carbocycles. The summed E-state index contributed by atoms with van der Waals surface area (Å²) in [5, 5.41) is 5.76. The molecule has 0 fully saturated rings. The molecule has 1 aromatic carbocycles. The molecule has 0 unspecified atom stereocenters. The number of sulfonamides is 1. The first-order valence-corrected chi connectivity index (χ1v) is 11.7. The van der Waals surface area contributed by atoms with Gasteiger partial charge in [-0.15, -0.1) is 11.3 Å². The zero-order valence-electron chi connectivity index (χ0n) is 16.4. The molecule has 2 amide bonds. The van der Waals surface area contributed by atoms with Crippen LogP contribution in [0.5, 0.6) is 0 Å². The van der Waals surface area contributed by atoms with Crippen LogP contribution >= 0.6 is 22.9 Å². The number of carbonyl (C=O) groups is 1. The average molecular weight is 491 g/mol. The molecule has 0 atom stereocenters. The number of urea groups is 1. The third kappa shape index (κ3) is 4.44. The highest BCUT2D eigenvalue weighted by Gasteiger charge is 2.20. The number of benzene rings is 1. The molecule has 0 saturated heterocycles. The molecule has 4 rings (SSSR count). The van der Waals surface area contributed by atoms with Crippen LogP contribution in [-0.4, -0.2) is 26.5 Å². The van der Waals surface area contributed by atoms with E-state index in [1.54, 1.807) is 25.2 Å². The van der Waals surface area contributed by atoms with Crippen LogP contribution in [0.25, 0.3) is 22.2 Å². The fraction of sp³-hybridized carbons (Fsp3) is 0.0500. The number of hydrogen-bond acceptors (Lipinski definition) is 8. The van der Waals surface area contributed by atoms with Crippen molar-refractivity contribution >= 4 is 61.3 Å². The summed E-state index contributed by atoms with van der Waals surface area (Å²) >= 11 is 6.57. The minimum atomic E-state index is -4.05. The van der Waals surface area contributed by atoms with E-state index < -0.39 is 16.1 Å². The molecule has 0 saturated carbocycles. The fourth-order valence-electron chi connectivity index (χ4n) is 2.86. The summed E-state index contributed by atoms with van der Waals surface area (Å²) in [5.41, 5.74) is 1.82. The Morgan fingerprint density at radius 3 is 2.56 bits per heavy atom. The minimum absolute atomic E-state index is 0.0870. The number of nitrogens with one attached hydrogen (secondary N) is 3. The van der Waals surface area contributed by atoms with Crippen LogP contribution in [0.4, 0.5) is 16.2 Å². The van der Waals surface area contributed by atoms with Crippen molar-refractivity contribution in [2.75, 3.05) is 17.7 Å². The molecule has 9 nitrogen and oxygen atoms in total. The van der Waals surface area contributed by atoms with E-state index in [0.29, 0.717) is 16.7 Å². The van der Waals surface area contributed by atoms with Crippen molar-refractivity contribution in [3.63, 3.8) is 0 Å². The average Bonchev–Trinajstić information content (AvgIpc) is 3.21. The van der Waals surface area contributed by atoms with Gasteiger partial charge in [0.05, 0.1) is 32.9 Å². The maximum absolute atomic E-state index is 12.8. The quantitative estimate of drug-likeness (QED) is 0.383. The Labute approximate surface area is 191 Å². The Morgan fingerprint density at radius 1 is 1.12 bits per heavy atom. The lowest BCUT2D eigenvalue weighted by Gasteiger charge is -2.08. The summed E-state index contributed by atoms with van der Waals surface area (Å²) in [7, 11) is -2.28. The van der Waals surface area contributed by atoms with E-state index in [2.05, 4.69) is 15.6 Å². The number of rotatable bonds is 5. The molecule has 12 heteroatoms. The molecule has 3 heterocycles. The molecule has 0 radical (unpaired) electrons. The molecule has 0 aliphatic rings. The summed E-state index contributed by atoms with van der Waals surface area (Å²) in [6.07, 6.45) is 2.63. The first-order chi connectivity index (χ1) is 15.3. The largest absolute Gasteiger partial charge is 0.463 e. The second kappa shape index (κ2) is 8.61. The van der Waals surface area contributed by atoms with Crippen molar-refractivity contribution in [2.24, 2.45) is 0 Å². The van der Waals surface area contributed by atoms with Gasteiger partial charge in [0, 0.05) is 18.8 Å². The van der Waals surface area contributed by atoms with Crippen LogP contribution in [0.2, 0.25) is 4.34 Å². The molecule has 0 spiro atoms. The van der Waals surface area contributed by atoms with Gasteiger partial charge in [0.15, 0.2) is 0 Å². The number of aromatic nitrogens is 1. The lowest BCUT2D eigenvalue weighted by Crippen LogP contribution is -2.33. The Balaban J connectivity index is 1.51. The maximum atomic E-state index is 12.8. The Hall–Kier alpha value is -3.41. The third-order valence-corrected chi connectivity index (χ3v) is 7.46. The number of carbonyl (C=O) groups excluding carboxylic acids is 1. The van der Waals surface area contributed by atoms with Gasteiger partial charge in [-0.25, -0.2) is 17.9 Å². The Morgan fingerprint density at radius 2 is 1.91 bits per heavy atom. The van der Waals surface area contributed by atoms with E-state index in [-0.39, 0.29) is 25.2 Å². The van der Waals surface area contributed by atoms with Gasteiger partial charge in [-0.05, 0) is 36.4 Å². The second-order valence-electron chi connectivity index (χ2n) is 6.49. The normalized spacial score (nSPS) is 11.3. The van der Waals surface area contributed by atoms with Crippen molar-refractivity contribution < 1.29 is 17.6 Å². The van der Waals surface area contributed by atoms with E-state index in [1.807, 2.05) is 4.72 Å². The van der Waals surface area contributed by atoms with Gasteiger partial charge in [0.25, 0.3) is 10.0 Å². The number of pyridine rings is 1. The van der Waals surface area contributed by atoms with E-state index >= 15 is 0 Å². The van der Waals surface area contributed by atoms with Crippen molar-refractivity contribution in [1.82, 2.24) is 9.71 Å². The number of hydrogen-bond donors (Lipinski definition) is 3. The van der Waals surface area contributed by atoms with E-state index in [0.717, 1.165) is 17.0 Å². The van der Waals surface area contributed by atoms with Crippen molar-refractivity contribution in [3.05, 3.63) is 69.5 Å². The van der Waals surface area contributed by atoms with E-state index in [4.69, 9.17) is 16.0 Å². The molecule has 4 aromatic rings. The summed E-state index contributed by atoms with van der Waals surface area (Å²) in [6, 6.07) is 9.91. The van der Waals surface area contributed by atoms with Gasteiger partial charge >= 0.3 is 6.03 Å². The van der Waals surface area contributed by atoms with Gasteiger partial charge in [-0.2, -0.15) is 0 Å². The Kier molecular flexibility index (Phi) is 5.87.